The highest BCUT2D eigenvalue weighted by Gasteiger charge is 2.66. The van der Waals surface area contributed by atoms with E-state index in [0.717, 1.165) is 44.9 Å². The number of aliphatic hydroxyl groups is 1. The molecule has 0 heterocycles. The second-order valence-electron chi connectivity index (χ2n) is 12.8. The van der Waals surface area contributed by atoms with Crippen molar-refractivity contribution in [1.29, 1.82) is 0 Å². The van der Waals surface area contributed by atoms with Crippen molar-refractivity contribution in [3.63, 3.8) is 0 Å². The van der Waals surface area contributed by atoms with Crippen LogP contribution in [0.4, 0.5) is 0 Å². The molecule has 5 saturated carbocycles. The van der Waals surface area contributed by atoms with Crippen molar-refractivity contribution in [3.05, 3.63) is 0 Å². The Kier molecular flexibility index (Phi) is 6.49. The van der Waals surface area contributed by atoms with Crippen LogP contribution in [0, 0.1) is 57.7 Å². The van der Waals surface area contributed by atoms with Crippen LogP contribution in [0.25, 0.3) is 0 Å². The minimum Gasteiger partial charge on any atom is -0.396 e. The van der Waals surface area contributed by atoms with Gasteiger partial charge in [0.2, 0.25) is 0 Å². The van der Waals surface area contributed by atoms with Gasteiger partial charge in [0.1, 0.15) is 11.6 Å². The molecule has 0 radical (unpaired) electrons. The van der Waals surface area contributed by atoms with Gasteiger partial charge in [-0.15, -0.1) is 0 Å². The fourth-order valence-corrected chi connectivity index (χ4v) is 9.98. The van der Waals surface area contributed by atoms with Gasteiger partial charge in [-0.05, 0) is 90.8 Å². The van der Waals surface area contributed by atoms with E-state index in [1.165, 1.54) is 12.8 Å². The number of hydrogen-bond donors (Lipinski definition) is 1. The van der Waals surface area contributed by atoms with E-state index in [2.05, 4.69) is 27.7 Å². The smallest absolute Gasteiger partial charge is 0.136 e. The predicted octanol–water partition coefficient (Wildman–Crippen LogP) is 6.46. The van der Waals surface area contributed by atoms with Crippen molar-refractivity contribution < 1.29 is 14.7 Å². The van der Waals surface area contributed by atoms with Crippen molar-refractivity contribution in [2.75, 3.05) is 6.61 Å². The SMILES string of the molecule is CC.CC1CCC2(CO)CCC3C(C(=O)CC4C5(C)CCC(=O)C(C)C5CCC34C)C2C1. The third-order valence-electron chi connectivity index (χ3n) is 11.8. The second kappa shape index (κ2) is 8.51. The van der Waals surface area contributed by atoms with Gasteiger partial charge in [-0.2, -0.15) is 0 Å². The number of carbonyl (C=O) groups excluding carboxylic acids is 2. The second-order valence-corrected chi connectivity index (χ2v) is 12.8. The molecule has 0 aliphatic heterocycles. The van der Waals surface area contributed by atoms with E-state index >= 15 is 0 Å². The Bertz CT molecular complexity index is 745. The summed E-state index contributed by atoms with van der Waals surface area (Å²) in [7, 11) is 0. The molecular formula is C29H48O3. The number of Topliss-reactive ketones (excluding diaryl/α,β-unsaturated/α-hetero) is 2. The maximum atomic E-state index is 13.9. The lowest BCUT2D eigenvalue weighted by Gasteiger charge is -2.67. The molecule has 0 spiro atoms. The van der Waals surface area contributed by atoms with Crippen molar-refractivity contribution in [2.45, 2.75) is 106 Å². The number of fused-ring (bicyclic) bond motifs is 7. The summed E-state index contributed by atoms with van der Waals surface area (Å²) in [6, 6.07) is 0. The molecule has 0 bridgehead atoms. The van der Waals surface area contributed by atoms with E-state index in [0.29, 0.717) is 47.6 Å². The summed E-state index contributed by atoms with van der Waals surface area (Å²) in [5.74, 6) is 3.69. The summed E-state index contributed by atoms with van der Waals surface area (Å²) in [5.41, 5.74) is 0.345. The van der Waals surface area contributed by atoms with Crippen LogP contribution >= 0.6 is 0 Å². The largest absolute Gasteiger partial charge is 0.396 e. The Morgan fingerprint density at radius 3 is 2.16 bits per heavy atom. The molecule has 10 atom stereocenters. The van der Waals surface area contributed by atoms with Gasteiger partial charge in [0.15, 0.2) is 0 Å². The van der Waals surface area contributed by atoms with Crippen LogP contribution in [0.15, 0.2) is 0 Å². The van der Waals surface area contributed by atoms with Crippen molar-refractivity contribution in [1.82, 2.24) is 0 Å². The van der Waals surface area contributed by atoms with Gasteiger partial charge >= 0.3 is 0 Å². The zero-order valence-electron chi connectivity index (χ0n) is 21.6. The monoisotopic (exact) mass is 444 g/mol. The van der Waals surface area contributed by atoms with E-state index in [1.807, 2.05) is 13.8 Å². The van der Waals surface area contributed by atoms with Gasteiger partial charge in [-0.1, -0.05) is 48.0 Å². The van der Waals surface area contributed by atoms with Crippen LogP contribution in [0.3, 0.4) is 0 Å². The number of ketones is 2. The van der Waals surface area contributed by atoms with Gasteiger partial charge in [0, 0.05) is 31.3 Å². The zero-order chi connectivity index (χ0) is 23.5. The highest BCUT2D eigenvalue weighted by molar-refractivity contribution is 5.84. The Morgan fingerprint density at radius 2 is 1.47 bits per heavy atom. The van der Waals surface area contributed by atoms with E-state index in [9.17, 15) is 14.7 Å². The van der Waals surface area contributed by atoms with E-state index in [4.69, 9.17) is 0 Å². The summed E-state index contributed by atoms with van der Waals surface area (Å²) >= 11 is 0. The molecule has 1 N–H and O–H groups in total. The molecular weight excluding hydrogens is 396 g/mol. The number of rotatable bonds is 1. The quantitative estimate of drug-likeness (QED) is 0.504. The van der Waals surface area contributed by atoms with Gasteiger partial charge in [-0.3, -0.25) is 9.59 Å². The summed E-state index contributed by atoms with van der Waals surface area (Å²) in [5, 5.41) is 10.4. The molecule has 0 aromatic rings. The normalized spacial score (nSPS) is 52.5. The van der Waals surface area contributed by atoms with Gasteiger partial charge < -0.3 is 5.11 Å². The average Bonchev–Trinajstić information content (AvgIpc) is 2.79. The molecule has 5 fully saturated rings. The van der Waals surface area contributed by atoms with Gasteiger partial charge in [-0.25, -0.2) is 0 Å². The number of aliphatic hydroxyl groups excluding tert-OH is 1. The molecule has 3 nitrogen and oxygen atoms in total. The molecule has 32 heavy (non-hydrogen) atoms. The lowest BCUT2D eigenvalue weighted by Crippen LogP contribution is -2.64. The molecule has 0 aromatic carbocycles. The number of hydrogen-bond acceptors (Lipinski definition) is 3. The lowest BCUT2D eigenvalue weighted by atomic mass is 9.36. The fourth-order valence-electron chi connectivity index (χ4n) is 9.98. The molecule has 182 valence electrons. The van der Waals surface area contributed by atoms with Crippen LogP contribution in [0.1, 0.15) is 106 Å². The van der Waals surface area contributed by atoms with Crippen LogP contribution in [0.5, 0.6) is 0 Å². The van der Waals surface area contributed by atoms with Gasteiger partial charge in [0.05, 0.1) is 0 Å². The van der Waals surface area contributed by atoms with Crippen LogP contribution in [0.2, 0.25) is 0 Å². The zero-order valence-corrected chi connectivity index (χ0v) is 21.6. The molecule has 10 unspecified atom stereocenters. The Morgan fingerprint density at radius 1 is 0.844 bits per heavy atom. The molecule has 0 aromatic heterocycles. The maximum Gasteiger partial charge on any atom is 0.136 e. The minimum absolute atomic E-state index is 0.000586. The van der Waals surface area contributed by atoms with E-state index in [1.54, 1.807) is 0 Å². The van der Waals surface area contributed by atoms with E-state index < -0.39 is 0 Å². The number of carbonyl (C=O) groups is 2. The van der Waals surface area contributed by atoms with Crippen LogP contribution < -0.4 is 0 Å². The first kappa shape index (κ1) is 24.4. The topological polar surface area (TPSA) is 54.4 Å². The Labute approximate surface area is 196 Å². The highest BCUT2D eigenvalue weighted by Crippen LogP contribution is 2.70. The van der Waals surface area contributed by atoms with Crippen molar-refractivity contribution in [3.8, 4) is 0 Å². The molecule has 5 rings (SSSR count). The fraction of sp³-hybridized carbons (Fsp3) is 0.931. The molecule has 5 aliphatic rings. The first-order valence-electron chi connectivity index (χ1n) is 13.8. The third-order valence-corrected chi connectivity index (χ3v) is 11.8. The van der Waals surface area contributed by atoms with Gasteiger partial charge in [0.25, 0.3) is 0 Å². The summed E-state index contributed by atoms with van der Waals surface area (Å²) < 4.78 is 0. The first-order valence-corrected chi connectivity index (χ1v) is 13.8. The molecule has 0 saturated heterocycles. The maximum absolute atomic E-state index is 13.9. The average molecular weight is 445 g/mol. The Balaban J connectivity index is 0.00000119. The van der Waals surface area contributed by atoms with Crippen molar-refractivity contribution in [2.24, 2.45) is 57.7 Å². The van der Waals surface area contributed by atoms with Crippen LogP contribution in [-0.4, -0.2) is 23.3 Å². The minimum atomic E-state index is -0.000586. The van der Waals surface area contributed by atoms with E-state index in [-0.39, 0.29) is 34.7 Å². The first-order chi connectivity index (χ1) is 15.2. The Hall–Kier alpha value is -0.700. The molecule has 5 aliphatic carbocycles. The standard InChI is InChI=1S/C27H42O3.C2H6/c1-16-5-11-27(15-28)12-7-19-24(20(27)13-16)22(30)14-23-25(3)10-8-21(29)17(2)18(25)6-9-26(19,23)4;1-2/h16-20,23-24,28H,5-15H2,1-4H3;1-2H3. The molecule has 3 heteroatoms. The lowest BCUT2D eigenvalue weighted by molar-refractivity contribution is -0.198. The summed E-state index contributed by atoms with van der Waals surface area (Å²) in [6.45, 7) is 13.7. The highest BCUT2D eigenvalue weighted by atomic mass is 16.3. The molecule has 0 amide bonds. The third kappa shape index (κ3) is 3.30. The summed E-state index contributed by atoms with van der Waals surface area (Å²) in [4.78, 5) is 26.3. The van der Waals surface area contributed by atoms with Crippen LogP contribution in [-0.2, 0) is 9.59 Å². The summed E-state index contributed by atoms with van der Waals surface area (Å²) in [6.07, 6.45) is 10.4. The van der Waals surface area contributed by atoms with Crippen molar-refractivity contribution >= 4 is 11.6 Å². The predicted molar refractivity (Wildman–Crippen MR) is 129 cm³/mol.